The lowest BCUT2D eigenvalue weighted by atomic mass is 11.9. The molecule has 0 aliphatic heterocycles. The molecule has 0 aromatic heterocycles. The van der Waals surface area contributed by atoms with Crippen LogP contribution in [-0.2, 0) is 13.4 Å². The van der Waals surface area contributed by atoms with Gasteiger partial charge in [-0.3, -0.25) is 13.4 Å². The molecule has 0 unspecified atom stereocenters. The Morgan fingerprint density at radius 2 is 1.10 bits per heavy atom. The zero-order valence-electron chi connectivity index (χ0n) is 6.12. The van der Waals surface area contributed by atoms with Gasteiger partial charge in [-0.15, -0.1) is 0 Å². The molecule has 0 aromatic carbocycles. The SMILES string of the molecule is C.CP(C)(=O)OP(C)(C)=O. The first-order chi connectivity index (χ1) is 3.71. The highest BCUT2D eigenvalue weighted by atomic mass is 31.2. The second-order valence-corrected chi connectivity index (χ2v) is 8.25. The molecule has 0 saturated heterocycles. The first kappa shape index (κ1) is 13.0. The highest BCUT2D eigenvalue weighted by molar-refractivity contribution is 7.70. The standard InChI is InChI=1S/C4H12O3P2.CH4/c1-8(2,5)7-9(3,4)6;/h1-4H3;1H4. The highest BCUT2D eigenvalue weighted by Crippen LogP contribution is 2.55. The van der Waals surface area contributed by atoms with Crippen molar-refractivity contribution in [3.63, 3.8) is 0 Å². The average molecular weight is 186 g/mol. The smallest absolute Gasteiger partial charge is 0.202 e. The van der Waals surface area contributed by atoms with Crippen molar-refractivity contribution in [2.75, 3.05) is 26.7 Å². The highest BCUT2D eigenvalue weighted by Gasteiger charge is 2.16. The molecule has 10 heavy (non-hydrogen) atoms. The lowest BCUT2D eigenvalue weighted by Gasteiger charge is -2.10. The van der Waals surface area contributed by atoms with Crippen molar-refractivity contribution >= 4 is 14.7 Å². The van der Waals surface area contributed by atoms with Crippen molar-refractivity contribution in [1.29, 1.82) is 0 Å². The van der Waals surface area contributed by atoms with Gasteiger partial charge in [0, 0.05) is 26.7 Å². The zero-order valence-corrected chi connectivity index (χ0v) is 7.91. The van der Waals surface area contributed by atoms with Crippen LogP contribution in [0, 0.1) is 0 Å². The van der Waals surface area contributed by atoms with Crippen molar-refractivity contribution in [2.24, 2.45) is 0 Å². The molecule has 5 heteroatoms. The largest absolute Gasteiger partial charge is 0.293 e. The predicted molar refractivity (Wildman–Crippen MR) is 46.7 cm³/mol. The molecule has 0 fully saturated rings. The molecular weight excluding hydrogens is 170 g/mol. The fraction of sp³-hybridized carbons (Fsp3) is 1.00. The van der Waals surface area contributed by atoms with E-state index in [0.717, 1.165) is 0 Å². The quantitative estimate of drug-likeness (QED) is 0.622. The molecule has 0 bridgehead atoms. The van der Waals surface area contributed by atoms with Gasteiger partial charge in [-0.2, -0.15) is 0 Å². The summed E-state index contributed by atoms with van der Waals surface area (Å²) in [7, 11) is -5.10. The molecule has 0 saturated carbocycles. The van der Waals surface area contributed by atoms with Crippen LogP contribution < -0.4 is 0 Å². The molecular formula is C5H16O3P2. The third kappa shape index (κ3) is 11.2. The summed E-state index contributed by atoms with van der Waals surface area (Å²) in [5, 5.41) is 0. The third-order valence-corrected chi connectivity index (χ3v) is 3.54. The van der Waals surface area contributed by atoms with Gasteiger partial charge in [0.2, 0.25) is 14.7 Å². The summed E-state index contributed by atoms with van der Waals surface area (Å²) in [6, 6.07) is 0. The van der Waals surface area contributed by atoms with Gasteiger partial charge in [0.15, 0.2) is 0 Å². The lowest BCUT2D eigenvalue weighted by Crippen LogP contribution is -1.81. The second kappa shape index (κ2) is 3.71. The molecule has 0 radical (unpaired) electrons. The molecule has 0 rings (SSSR count). The van der Waals surface area contributed by atoms with Crippen LogP contribution in [0.1, 0.15) is 7.43 Å². The fourth-order valence-electron chi connectivity index (χ4n) is 0.474. The van der Waals surface area contributed by atoms with Crippen LogP contribution in [0.3, 0.4) is 0 Å². The summed E-state index contributed by atoms with van der Waals surface area (Å²) in [4.78, 5) is 0. The minimum absolute atomic E-state index is 0. The molecule has 0 atom stereocenters. The van der Waals surface area contributed by atoms with E-state index < -0.39 is 14.7 Å². The van der Waals surface area contributed by atoms with Crippen LogP contribution in [0.4, 0.5) is 0 Å². The minimum atomic E-state index is -2.55. The van der Waals surface area contributed by atoms with Crippen molar-refractivity contribution in [3.8, 4) is 0 Å². The molecule has 0 spiro atoms. The summed E-state index contributed by atoms with van der Waals surface area (Å²) in [5.41, 5.74) is 0. The van der Waals surface area contributed by atoms with E-state index in [-0.39, 0.29) is 7.43 Å². The van der Waals surface area contributed by atoms with E-state index in [2.05, 4.69) is 0 Å². The van der Waals surface area contributed by atoms with Crippen LogP contribution in [0.5, 0.6) is 0 Å². The average Bonchev–Trinajstić information content (AvgIpc) is 1.14. The Morgan fingerprint density at radius 1 is 0.900 bits per heavy atom. The molecule has 0 aliphatic carbocycles. The Morgan fingerprint density at radius 3 is 1.10 bits per heavy atom. The van der Waals surface area contributed by atoms with E-state index in [4.69, 9.17) is 4.31 Å². The Balaban J connectivity index is 0. The molecule has 0 aromatic rings. The monoisotopic (exact) mass is 186 g/mol. The summed E-state index contributed by atoms with van der Waals surface area (Å²) in [6.07, 6.45) is 0. The van der Waals surface area contributed by atoms with Gasteiger partial charge in [-0.05, 0) is 0 Å². The first-order valence-electron chi connectivity index (χ1n) is 2.52. The van der Waals surface area contributed by atoms with Gasteiger partial charge in [0.05, 0.1) is 0 Å². The molecule has 64 valence electrons. The summed E-state index contributed by atoms with van der Waals surface area (Å²) in [6.45, 7) is 5.80. The van der Waals surface area contributed by atoms with Crippen LogP contribution in [0.15, 0.2) is 0 Å². The van der Waals surface area contributed by atoms with E-state index >= 15 is 0 Å². The molecule has 0 amide bonds. The number of hydrogen-bond acceptors (Lipinski definition) is 3. The van der Waals surface area contributed by atoms with E-state index in [1.165, 1.54) is 26.7 Å². The Kier molecular flexibility index (Phi) is 4.84. The summed E-state index contributed by atoms with van der Waals surface area (Å²) in [5.74, 6) is 0. The summed E-state index contributed by atoms with van der Waals surface area (Å²) < 4.78 is 26.4. The number of hydrogen-bond donors (Lipinski definition) is 0. The van der Waals surface area contributed by atoms with Gasteiger partial charge >= 0.3 is 0 Å². The van der Waals surface area contributed by atoms with Gasteiger partial charge in [0.1, 0.15) is 0 Å². The molecule has 0 aliphatic rings. The molecule has 3 nitrogen and oxygen atoms in total. The molecule has 0 heterocycles. The van der Waals surface area contributed by atoms with E-state index in [9.17, 15) is 9.13 Å². The van der Waals surface area contributed by atoms with Crippen LogP contribution >= 0.6 is 14.7 Å². The Bertz CT molecular complexity index is 155. The van der Waals surface area contributed by atoms with Crippen LogP contribution in [-0.4, -0.2) is 26.7 Å². The van der Waals surface area contributed by atoms with Gasteiger partial charge in [0.25, 0.3) is 0 Å². The van der Waals surface area contributed by atoms with Gasteiger partial charge < -0.3 is 0 Å². The number of rotatable bonds is 2. The maximum Gasteiger partial charge on any atom is 0.202 e. The molecule has 0 N–H and O–H groups in total. The van der Waals surface area contributed by atoms with E-state index in [0.29, 0.717) is 0 Å². The maximum absolute atomic E-state index is 10.8. The van der Waals surface area contributed by atoms with Gasteiger partial charge in [-0.25, -0.2) is 0 Å². The van der Waals surface area contributed by atoms with Crippen LogP contribution in [0.25, 0.3) is 0 Å². The zero-order chi connectivity index (χ0) is 7.71. The minimum Gasteiger partial charge on any atom is -0.293 e. The van der Waals surface area contributed by atoms with Gasteiger partial charge in [-0.1, -0.05) is 7.43 Å². The van der Waals surface area contributed by atoms with Crippen molar-refractivity contribution in [2.45, 2.75) is 7.43 Å². The Hall–Kier alpha value is 0.420. The van der Waals surface area contributed by atoms with E-state index in [1.54, 1.807) is 0 Å². The maximum atomic E-state index is 10.8. The predicted octanol–water partition coefficient (Wildman–Crippen LogP) is 2.71. The van der Waals surface area contributed by atoms with Crippen molar-refractivity contribution < 1.29 is 13.4 Å². The first-order valence-corrected chi connectivity index (χ1v) is 7.56. The third-order valence-electron chi connectivity index (χ3n) is 0.393. The Labute approximate surface area is 63.1 Å². The lowest BCUT2D eigenvalue weighted by molar-refractivity contribution is 0.473. The topological polar surface area (TPSA) is 43.4 Å². The normalized spacial score (nSPS) is 12.4. The van der Waals surface area contributed by atoms with Crippen molar-refractivity contribution in [1.82, 2.24) is 0 Å². The van der Waals surface area contributed by atoms with Crippen LogP contribution in [0.2, 0.25) is 0 Å². The summed E-state index contributed by atoms with van der Waals surface area (Å²) >= 11 is 0. The van der Waals surface area contributed by atoms with E-state index in [1.807, 2.05) is 0 Å². The van der Waals surface area contributed by atoms with Crippen molar-refractivity contribution in [3.05, 3.63) is 0 Å². The second-order valence-electron chi connectivity index (χ2n) is 2.59. The fourth-order valence-corrected chi connectivity index (χ4v) is 4.26.